The summed E-state index contributed by atoms with van der Waals surface area (Å²) in [6, 6.07) is 15.7. The molecule has 1 amide bonds. The average Bonchev–Trinajstić information content (AvgIpc) is 3.06. The second-order valence-corrected chi connectivity index (χ2v) is 6.18. The van der Waals surface area contributed by atoms with E-state index in [1.807, 2.05) is 48.5 Å². The van der Waals surface area contributed by atoms with Crippen LogP contribution in [0.15, 0.2) is 48.5 Å². The van der Waals surface area contributed by atoms with E-state index in [9.17, 15) is 4.79 Å². The molecule has 1 aromatic heterocycles. The van der Waals surface area contributed by atoms with Crippen molar-refractivity contribution in [2.45, 2.75) is 32.1 Å². The van der Waals surface area contributed by atoms with Crippen LogP contribution in [0.4, 0.5) is 5.69 Å². The van der Waals surface area contributed by atoms with Crippen molar-refractivity contribution < 1.29 is 4.79 Å². The third-order valence-corrected chi connectivity index (χ3v) is 4.19. The highest BCUT2D eigenvalue weighted by molar-refractivity contribution is 5.91. The monoisotopic (exact) mass is 408 g/mol. The molecule has 0 bridgehead atoms. The summed E-state index contributed by atoms with van der Waals surface area (Å²) in [5, 5.41) is 2.94. The zero-order valence-corrected chi connectivity index (χ0v) is 16.7. The Labute approximate surface area is 172 Å². The van der Waals surface area contributed by atoms with E-state index in [-0.39, 0.29) is 30.7 Å². The molecule has 3 aromatic rings. The van der Waals surface area contributed by atoms with Crippen molar-refractivity contribution in [1.82, 2.24) is 9.97 Å². The van der Waals surface area contributed by atoms with Gasteiger partial charge in [-0.2, -0.15) is 0 Å². The van der Waals surface area contributed by atoms with Crippen molar-refractivity contribution in [3.8, 4) is 11.4 Å². The Bertz CT molecular complexity index is 800. The third kappa shape index (κ3) is 6.54. The summed E-state index contributed by atoms with van der Waals surface area (Å²) in [4.78, 5) is 19.9. The lowest BCUT2D eigenvalue weighted by atomic mass is 10.1. The van der Waals surface area contributed by atoms with Gasteiger partial charge in [0.1, 0.15) is 5.82 Å². The Morgan fingerprint density at radius 2 is 1.67 bits per heavy atom. The molecule has 0 aliphatic heterocycles. The number of carbonyl (C=O) groups excluding carboxylic acids is 1. The molecule has 0 atom stereocenters. The number of H-pyrrole nitrogens is 1. The number of nitrogens with one attached hydrogen (secondary N) is 2. The normalized spacial score (nSPS) is 10.1. The smallest absolute Gasteiger partial charge is 0.224 e. The summed E-state index contributed by atoms with van der Waals surface area (Å²) in [6.07, 6.45) is 4.63. The van der Waals surface area contributed by atoms with Crippen LogP contribution in [0.1, 0.15) is 32.1 Å². The van der Waals surface area contributed by atoms with Gasteiger partial charge in [-0.05, 0) is 55.8 Å². The van der Waals surface area contributed by atoms with Crippen molar-refractivity contribution in [1.29, 1.82) is 0 Å². The number of imidazole rings is 1. The predicted octanol–water partition coefficient (Wildman–Crippen LogP) is 4.92. The van der Waals surface area contributed by atoms with Crippen molar-refractivity contribution >= 4 is 47.4 Å². The number of aromatic amines is 1. The number of hydrogen-bond donors (Lipinski definition) is 3. The molecule has 146 valence electrons. The fraction of sp³-hybridized carbons (Fsp3) is 0.300. The van der Waals surface area contributed by atoms with Crippen LogP contribution in [0.5, 0.6) is 0 Å². The van der Waals surface area contributed by atoms with Crippen molar-refractivity contribution in [3.05, 3.63) is 48.5 Å². The summed E-state index contributed by atoms with van der Waals surface area (Å²) < 4.78 is 0. The number of carbonyl (C=O) groups is 1. The molecule has 0 radical (unpaired) electrons. The van der Waals surface area contributed by atoms with E-state index in [1.54, 1.807) is 0 Å². The van der Waals surface area contributed by atoms with E-state index in [0.717, 1.165) is 60.3 Å². The molecule has 1 heterocycles. The van der Waals surface area contributed by atoms with E-state index < -0.39 is 0 Å². The number of aromatic nitrogens is 2. The molecule has 0 aliphatic rings. The van der Waals surface area contributed by atoms with Crippen molar-refractivity contribution in [3.63, 3.8) is 0 Å². The number of fused-ring (bicyclic) bond motifs is 1. The lowest BCUT2D eigenvalue weighted by Crippen LogP contribution is -2.11. The van der Waals surface area contributed by atoms with E-state index in [0.29, 0.717) is 6.42 Å². The molecule has 4 N–H and O–H groups in total. The van der Waals surface area contributed by atoms with Crippen molar-refractivity contribution in [2.75, 3.05) is 11.9 Å². The van der Waals surface area contributed by atoms with Gasteiger partial charge in [-0.25, -0.2) is 4.98 Å². The Balaban J connectivity index is 0.00000182. The van der Waals surface area contributed by atoms with Crippen LogP contribution in [0.3, 0.4) is 0 Å². The number of amides is 1. The SMILES string of the molecule is Cl.Cl.NCCCCCCC(=O)Nc1ccc(-c2nc3ccccc3[nH]2)cc1. The Hall–Kier alpha value is -2.08. The maximum atomic E-state index is 12.0. The number of unbranched alkanes of at least 4 members (excludes halogenated alkanes) is 3. The number of anilines is 1. The van der Waals surface area contributed by atoms with Gasteiger partial charge in [-0.1, -0.05) is 25.0 Å². The van der Waals surface area contributed by atoms with Gasteiger partial charge in [0.15, 0.2) is 0 Å². The molecule has 3 rings (SSSR count). The summed E-state index contributed by atoms with van der Waals surface area (Å²) in [5.74, 6) is 0.892. The van der Waals surface area contributed by atoms with Crippen LogP contribution in [0, 0.1) is 0 Å². The fourth-order valence-corrected chi connectivity index (χ4v) is 2.81. The fourth-order valence-electron chi connectivity index (χ4n) is 2.81. The number of hydrogen-bond acceptors (Lipinski definition) is 3. The minimum Gasteiger partial charge on any atom is -0.338 e. The Kier molecular flexibility index (Phi) is 9.86. The highest BCUT2D eigenvalue weighted by atomic mass is 35.5. The highest BCUT2D eigenvalue weighted by Crippen LogP contribution is 2.22. The quantitative estimate of drug-likeness (QED) is 0.462. The van der Waals surface area contributed by atoms with Gasteiger partial charge in [0.25, 0.3) is 0 Å². The molecule has 7 heteroatoms. The molecular weight excluding hydrogens is 383 g/mol. The molecule has 0 saturated carbocycles. The van der Waals surface area contributed by atoms with E-state index >= 15 is 0 Å². The first-order chi connectivity index (χ1) is 12.3. The van der Waals surface area contributed by atoms with Gasteiger partial charge in [-0.15, -0.1) is 24.8 Å². The lowest BCUT2D eigenvalue weighted by Gasteiger charge is -2.06. The molecule has 0 saturated heterocycles. The third-order valence-electron chi connectivity index (χ3n) is 4.19. The number of benzene rings is 2. The maximum Gasteiger partial charge on any atom is 0.224 e. The molecule has 0 unspecified atom stereocenters. The zero-order chi connectivity index (χ0) is 17.5. The number of halogens is 2. The summed E-state index contributed by atoms with van der Waals surface area (Å²) in [5.41, 5.74) is 9.24. The second kappa shape index (κ2) is 11.6. The average molecular weight is 409 g/mol. The number of nitrogens with zero attached hydrogens (tertiary/aromatic N) is 1. The van der Waals surface area contributed by atoms with Gasteiger partial charge in [-0.3, -0.25) is 4.79 Å². The first-order valence-corrected chi connectivity index (χ1v) is 8.81. The van der Waals surface area contributed by atoms with E-state index in [2.05, 4.69) is 15.3 Å². The summed E-state index contributed by atoms with van der Waals surface area (Å²) >= 11 is 0. The summed E-state index contributed by atoms with van der Waals surface area (Å²) in [6.45, 7) is 0.726. The molecular formula is C20H26Cl2N4O. The maximum absolute atomic E-state index is 12.0. The van der Waals surface area contributed by atoms with Crippen molar-refractivity contribution in [2.24, 2.45) is 5.73 Å². The van der Waals surface area contributed by atoms with Crippen LogP contribution in [-0.4, -0.2) is 22.4 Å². The topological polar surface area (TPSA) is 83.8 Å². The zero-order valence-electron chi connectivity index (χ0n) is 15.1. The van der Waals surface area contributed by atoms with Gasteiger partial charge in [0.2, 0.25) is 5.91 Å². The minimum atomic E-state index is 0. The predicted molar refractivity (Wildman–Crippen MR) is 117 cm³/mol. The number of para-hydroxylation sites is 2. The molecule has 0 spiro atoms. The standard InChI is InChI=1S/C20H24N4O.2ClH/c21-14-6-2-1-3-9-19(25)22-16-12-10-15(11-13-16)20-23-17-7-4-5-8-18(17)24-20;;/h4-5,7-8,10-13H,1-3,6,9,14,21H2,(H,22,25)(H,23,24);2*1H. The van der Waals surface area contributed by atoms with Crippen LogP contribution in [0.2, 0.25) is 0 Å². The Morgan fingerprint density at radius 1 is 0.963 bits per heavy atom. The largest absolute Gasteiger partial charge is 0.338 e. The first-order valence-electron chi connectivity index (χ1n) is 8.81. The molecule has 0 fully saturated rings. The van der Waals surface area contributed by atoms with Gasteiger partial charge in [0.05, 0.1) is 11.0 Å². The van der Waals surface area contributed by atoms with Crippen LogP contribution < -0.4 is 11.1 Å². The molecule has 5 nitrogen and oxygen atoms in total. The van der Waals surface area contributed by atoms with Crippen LogP contribution in [-0.2, 0) is 4.79 Å². The van der Waals surface area contributed by atoms with E-state index in [4.69, 9.17) is 5.73 Å². The molecule has 27 heavy (non-hydrogen) atoms. The molecule has 2 aromatic carbocycles. The molecule has 0 aliphatic carbocycles. The number of rotatable bonds is 8. The van der Waals surface area contributed by atoms with Gasteiger partial charge < -0.3 is 16.0 Å². The second-order valence-electron chi connectivity index (χ2n) is 6.18. The van der Waals surface area contributed by atoms with Crippen LogP contribution >= 0.6 is 24.8 Å². The summed E-state index contributed by atoms with van der Waals surface area (Å²) in [7, 11) is 0. The van der Waals surface area contributed by atoms with E-state index in [1.165, 1.54) is 0 Å². The highest BCUT2D eigenvalue weighted by Gasteiger charge is 2.06. The number of nitrogens with two attached hydrogens (primary N) is 1. The van der Waals surface area contributed by atoms with Gasteiger partial charge >= 0.3 is 0 Å². The Morgan fingerprint density at radius 3 is 2.37 bits per heavy atom. The minimum absolute atomic E-state index is 0. The van der Waals surface area contributed by atoms with Gasteiger partial charge in [0, 0.05) is 17.7 Å². The lowest BCUT2D eigenvalue weighted by molar-refractivity contribution is -0.116. The van der Waals surface area contributed by atoms with Crippen LogP contribution in [0.25, 0.3) is 22.4 Å². The first kappa shape index (κ1) is 23.0.